The number of hydrogen-bond donors (Lipinski definition) is 1. The number of carboxylic acid groups (broad SMARTS) is 1. The van der Waals surface area contributed by atoms with E-state index in [1.54, 1.807) is 11.0 Å². The van der Waals surface area contributed by atoms with E-state index in [0.29, 0.717) is 0 Å². The van der Waals surface area contributed by atoms with Crippen LogP contribution in [0.3, 0.4) is 0 Å². The molecule has 0 aliphatic carbocycles. The Hall–Kier alpha value is -1.69. The molecule has 0 fully saturated rings. The molecular weight excluding hydrogens is 276 g/mol. The fourth-order valence-corrected chi connectivity index (χ4v) is 2.27. The molecule has 0 spiro atoms. The number of aryl methyl sites for hydroxylation is 1. The van der Waals surface area contributed by atoms with Gasteiger partial charge in [-0.2, -0.15) is 0 Å². The highest BCUT2D eigenvalue weighted by atomic mass is 32.1. The van der Waals surface area contributed by atoms with Gasteiger partial charge in [-0.05, 0) is 33.8 Å². The standard InChI is InChI=1S/C14H20N2O3S/c1-10-15-11(9-20-10)5-6-12(17)16(14(2,3)4)8-7-13(18)19/h5-6,9H,7-8H2,1-4H3,(H,18,19)/b6-5+. The first-order valence-electron chi connectivity index (χ1n) is 6.34. The van der Waals surface area contributed by atoms with Crippen LogP contribution in [0.4, 0.5) is 0 Å². The monoisotopic (exact) mass is 296 g/mol. The van der Waals surface area contributed by atoms with E-state index >= 15 is 0 Å². The zero-order chi connectivity index (χ0) is 15.3. The van der Waals surface area contributed by atoms with Crippen molar-refractivity contribution >= 4 is 29.3 Å². The van der Waals surface area contributed by atoms with Gasteiger partial charge in [-0.15, -0.1) is 11.3 Å². The zero-order valence-electron chi connectivity index (χ0n) is 12.2. The lowest BCUT2D eigenvalue weighted by atomic mass is 10.1. The molecule has 0 atom stereocenters. The topological polar surface area (TPSA) is 70.5 Å². The van der Waals surface area contributed by atoms with Crippen molar-refractivity contribution in [1.82, 2.24) is 9.88 Å². The van der Waals surface area contributed by atoms with Gasteiger partial charge >= 0.3 is 5.97 Å². The SMILES string of the molecule is Cc1nc(/C=C/C(=O)N(CCC(=O)O)C(C)(C)C)cs1. The minimum absolute atomic E-state index is 0.0628. The summed E-state index contributed by atoms with van der Waals surface area (Å²) >= 11 is 1.52. The van der Waals surface area contributed by atoms with Crippen LogP contribution in [0, 0.1) is 6.92 Å². The minimum atomic E-state index is -0.911. The predicted octanol–water partition coefficient (Wildman–Crippen LogP) is 2.57. The molecule has 110 valence electrons. The Morgan fingerprint density at radius 1 is 1.45 bits per heavy atom. The number of carbonyl (C=O) groups is 2. The van der Waals surface area contributed by atoms with Crippen molar-refractivity contribution < 1.29 is 14.7 Å². The Balaban J connectivity index is 2.77. The van der Waals surface area contributed by atoms with E-state index < -0.39 is 11.5 Å². The molecule has 5 nitrogen and oxygen atoms in total. The van der Waals surface area contributed by atoms with Gasteiger partial charge in [0.2, 0.25) is 5.91 Å². The molecule has 1 amide bonds. The third-order valence-corrected chi connectivity index (χ3v) is 3.45. The molecule has 6 heteroatoms. The number of hydrogen-bond acceptors (Lipinski definition) is 4. The van der Waals surface area contributed by atoms with Crippen molar-refractivity contribution in [2.24, 2.45) is 0 Å². The molecule has 0 bridgehead atoms. The van der Waals surface area contributed by atoms with Gasteiger partial charge < -0.3 is 10.0 Å². The molecular formula is C14H20N2O3S. The number of carbonyl (C=O) groups excluding carboxylic acids is 1. The number of rotatable bonds is 5. The van der Waals surface area contributed by atoms with Gasteiger partial charge in [-0.1, -0.05) is 0 Å². The molecule has 1 aromatic heterocycles. The van der Waals surface area contributed by atoms with Crippen LogP contribution in [0.25, 0.3) is 6.08 Å². The van der Waals surface area contributed by atoms with Crippen LogP contribution in [0.15, 0.2) is 11.5 Å². The van der Waals surface area contributed by atoms with E-state index in [4.69, 9.17) is 5.11 Å². The Morgan fingerprint density at radius 3 is 2.55 bits per heavy atom. The second-order valence-electron chi connectivity index (χ2n) is 5.43. The Kier molecular flexibility index (Phi) is 5.44. The fourth-order valence-electron chi connectivity index (χ4n) is 1.69. The maximum absolute atomic E-state index is 12.2. The van der Waals surface area contributed by atoms with Gasteiger partial charge in [0.1, 0.15) is 0 Å². The largest absolute Gasteiger partial charge is 0.481 e. The van der Waals surface area contributed by atoms with E-state index in [2.05, 4.69) is 4.98 Å². The molecule has 20 heavy (non-hydrogen) atoms. The summed E-state index contributed by atoms with van der Waals surface area (Å²) in [7, 11) is 0. The molecule has 0 aliphatic rings. The van der Waals surface area contributed by atoms with Crippen LogP contribution in [-0.4, -0.2) is 39.0 Å². The maximum atomic E-state index is 12.2. The predicted molar refractivity (Wildman–Crippen MR) is 79.6 cm³/mol. The van der Waals surface area contributed by atoms with Crippen molar-refractivity contribution in [3.8, 4) is 0 Å². The molecule has 0 aromatic carbocycles. The van der Waals surface area contributed by atoms with Crippen LogP contribution in [0.1, 0.15) is 37.9 Å². The summed E-state index contributed by atoms with van der Waals surface area (Å²) in [6.07, 6.45) is 3.04. The highest BCUT2D eigenvalue weighted by molar-refractivity contribution is 7.09. The van der Waals surface area contributed by atoms with Crippen molar-refractivity contribution in [2.75, 3.05) is 6.54 Å². The summed E-state index contributed by atoms with van der Waals surface area (Å²) in [5.41, 5.74) is 0.322. The van der Waals surface area contributed by atoms with Crippen molar-refractivity contribution in [1.29, 1.82) is 0 Å². The molecule has 1 N–H and O–H groups in total. The van der Waals surface area contributed by atoms with Crippen molar-refractivity contribution in [3.63, 3.8) is 0 Å². The smallest absolute Gasteiger partial charge is 0.305 e. The van der Waals surface area contributed by atoms with E-state index in [-0.39, 0.29) is 18.9 Å². The molecule has 0 saturated heterocycles. The molecule has 0 unspecified atom stereocenters. The van der Waals surface area contributed by atoms with E-state index in [0.717, 1.165) is 10.7 Å². The van der Waals surface area contributed by atoms with Gasteiger partial charge in [0, 0.05) is 23.5 Å². The molecule has 0 saturated carbocycles. The summed E-state index contributed by atoms with van der Waals surface area (Å²) in [5.74, 6) is -1.12. The lowest BCUT2D eigenvalue weighted by molar-refractivity contribution is -0.139. The first-order valence-corrected chi connectivity index (χ1v) is 7.21. The first kappa shape index (κ1) is 16.4. The number of amides is 1. The van der Waals surface area contributed by atoms with Crippen LogP contribution in [0.5, 0.6) is 0 Å². The number of thiazole rings is 1. The highest BCUT2D eigenvalue weighted by Crippen LogP contribution is 2.15. The van der Waals surface area contributed by atoms with Gasteiger partial charge in [-0.3, -0.25) is 9.59 Å². The van der Waals surface area contributed by atoms with Gasteiger partial charge in [0.05, 0.1) is 17.1 Å². The Labute approximate surface area is 122 Å². The van der Waals surface area contributed by atoms with Crippen LogP contribution in [0.2, 0.25) is 0 Å². The zero-order valence-corrected chi connectivity index (χ0v) is 13.0. The van der Waals surface area contributed by atoms with Crippen LogP contribution in [-0.2, 0) is 9.59 Å². The molecule has 0 radical (unpaired) electrons. The quantitative estimate of drug-likeness (QED) is 0.848. The lowest BCUT2D eigenvalue weighted by Crippen LogP contribution is -2.45. The molecule has 1 aromatic rings. The summed E-state index contributed by atoms with van der Waals surface area (Å²) in [6.45, 7) is 7.74. The summed E-state index contributed by atoms with van der Waals surface area (Å²) in [5, 5.41) is 11.6. The number of nitrogens with zero attached hydrogens (tertiary/aromatic N) is 2. The van der Waals surface area contributed by atoms with E-state index in [1.807, 2.05) is 33.1 Å². The second kappa shape index (κ2) is 6.65. The highest BCUT2D eigenvalue weighted by Gasteiger charge is 2.25. The normalized spacial score (nSPS) is 11.8. The molecule has 0 aliphatic heterocycles. The number of carboxylic acids is 1. The molecule has 1 rings (SSSR count). The fraction of sp³-hybridized carbons (Fsp3) is 0.500. The van der Waals surface area contributed by atoms with Crippen LogP contribution < -0.4 is 0 Å². The third kappa shape index (κ3) is 5.13. The average molecular weight is 296 g/mol. The maximum Gasteiger partial charge on any atom is 0.305 e. The number of aliphatic carboxylic acids is 1. The van der Waals surface area contributed by atoms with E-state index in [1.165, 1.54) is 17.4 Å². The lowest BCUT2D eigenvalue weighted by Gasteiger charge is -2.34. The van der Waals surface area contributed by atoms with Gasteiger partial charge in [0.15, 0.2) is 0 Å². The second-order valence-corrected chi connectivity index (χ2v) is 6.49. The van der Waals surface area contributed by atoms with Gasteiger partial charge in [0.25, 0.3) is 0 Å². The van der Waals surface area contributed by atoms with Crippen molar-refractivity contribution in [2.45, 2.75) is 39.7 Å². The summed E-state index contributed by atoms with van der Waals surface area (Å²) in [6, 6.07) is 0. The van der Waals surface area contributed by atoms with Crippen molar-refractivity contribution in [3.05, 3.63) is 22.2 Å². The molecule has 1 heterocycles. The summed E-state index contributed by atoms with van der Waals surface area (Å²) < 4.78 is 0. The minimum Gasteiger partial charge on any atom is -0.481 e. The number of aromatic nitrogens is 1. The Morgan fingerprint density at radius 2 is 2.10 bits per heavy atom. The average Bonchev–Trinajstić information content (AvgIpc) is 2.70. The Bertz CT molecular complexity index is 515. The van der Waals surface area contributed by atoms with Crippen LogP contribution >= 0.6 is 11.3 Å². The van der Waals surface area contributed by atoms with E-state index in [9.17, 15) is 9.59 Å². The first-order chi connectivity index (χ1) is 9.20. The van der Waals surface area contributed by atoms with Gasteiger partial charge in [-0.25, -0.2) is 4.98 Å². The summed E-state index contributed by atoms with van der Waals surface area (Å²) in [4.78, 5) is 28.7. The third-order valence-electron chi connectivity index (χ3n) is 2.66.